The molecule has 0 spiro atoms. The fourth-order valence-corrected chi connectivity index (χ4v) is 6.72. The molecule has 0 radical (unpaired) electrons. The van der Waals surface area contributed by atoms with Crippen LogP contribution in [-0.2, 0) is 9.59 Å². The van der Waals surface area contributed by atoms with Crippen LogP contribution in [0.3, 0.4) is 0 Å². The van der Waals surface area contributed by atoms with Crippen LogP contribution in [0.15, 0.2) is 20.1 Å². The Balaban J connectivity index is 2.53. The van der Waals surface area contributed by atoms with Crippen molar-refractivity contribution in [2.45, 2.75) is 19.5 Å². The van der Waals surface area contributed by atoms with E-state index in [0.29, 0.717) is 0 Å². The van der Waals surface area contributed by atoms with Gasteiger partial charge < -0.3 is 0 Å². The van der Waals surface area contributed by atoms with Gasteiger partial charge in [-0.15, -0.1) is 46.4 Å². The van der Waals surface area contributed by atoms with Crippen molar-refractivity contribution in [2.75, 3.05) is 0 Å². The summed E-state index contributed by atoms with van der Waals surface area (Å²) in [7, 11) is 0. The second-order valence-corrected chi connectivity index (χ2v) is 8.33. The number of allylic oxidation sites excluding steroid dienone is 4. The van der Waals surface area contributed by atoms with Crippen LogP contribution in [0.4, 0.5) is 0 Å². The molecule has 2 bridgehead atoms. The first-order valence-corrected chi connectivity index (χ1v) is 7.94. The van der Waals surface area contributed by atoms with Gasteiger partial charge in [-0.1, -0.05) is 46.4 Å². The smallest absolute Gasteiger partial charge is 0.201 e. The number of hydrogen-bond acceptors (Lipinski definition) is 2. The third kappa shape index (κ3) is 1.09. The molecule has 0 N–H and O–H groups in total. The zero-order chi connectivity index (χ0) is 15.5. The van der Waals surface area contributed by atoms with Gasteiger partial charge in [0.05, 0.1) is 15.1 Å². The van der Waals surface area contributed by atoms with Crippen LogP contribution < -0.4 is 0 Å². The Morgan fingerprint density at radius 3 is 1.50 bits per heavy atom. The molecular formula is C10Cl8O2. The highest BCUT2D eigenvalue weighted by atomic mass is 35.5. The molecule has 4 atom stereocenters. The Labute approximate surface area is 152 Å². The molecule has 2 nitrogen and oxygen atoms in total. The van der Waals surface area contributed by atoms with Crippen LogP contribution in [0.5, 0.6) is 0 Å². The summed E-state index contributed by atoms with van der Waals surface area (Å²) in [6.45, 7) is 0. The summed E-state index contributed by atoms with van der Waals surface area (Å²) in [5.41, 5.74) is 0. The van der Waals surface area contributed by atoms with Gasteiger partial charge in [0.2, 0.25) is 5.78 Å². The van der Waals surface area contributed by atoms with Gasteiger partial charge >= 0.3 is 0 Å². The van der Waals surface area contributed by atoms with E-state index in [1.807, 2.05) is 0 Å². The maximum atomic E-state index is 12.5. The van der Waals surface area contributed by atoms with E-state index in [4.69, 9.17) is 92.8 Å². The van der Waals surface area contributed by atoms with Gasteiger partial charge in [-0.05, 0) is 0 Å². The lowest BCUT2D eigenvalue weighted by Crippen LogP contribution is -2.61. The number of ketones is 2. The molecule has 10 heteroatoms. The number of alkyl halides is 4. The summed E-state index contributed by atoms with van der Waals surface area (Å²) < 4.78 is 0. The van der Waals surface area contributed by atoms with E-state index in [1.54, 1.807) is 0 Å². The molecular weight excluding hydrogens is 436 g/mol. The van der Waals surface area contributed by atoms with E-state index < -0.39 is 36.1 Å². The second kappa shape index (κ2) is 3.96. The van der Waals surface area contributed by atoms with E-state index in [9.17, 15) is 9.59 Å². The minimum absolute atomic E-state index is 0.315. The number of carbonyl (C=O) groups is 2. The van der Waals surface area contributed by atoms with Crippen molar-refractivity contribution in [2.24, 2.45) is 0 Å². The monoisotopic (exact) mass is 432 g/mol. The van der Waals surface area contributed by atoms with E-state index in [1.165, 1.54) is 0 Å². The maximum Gasteiger partial charge on any atom is 0.201 e. The SMILES string of the molecule is O=C1[C@]2(Cl)C(Cl)=C(Cl)[C@]1(Cl)[C@]1(Cl)C(Cl)=C(Cl)C(=O)[C@@]21Cl. The van der Waals surface area contributed by atoms with E-state index >= 15 is 0 Å². The van der Waals surface area contributed by atoms with Crippen molar-refractivity contribution < 1.29 is 9.59 Å². The first-order valence-electron chi connectivity index (χ1n) is 4.92. The van der Waals surface area contributed by atoms with Crippen LogP contribution in [0.2, 0.25) is 0 Å². The molecule has 108 valence electrons. The highest BCUT2D eigenvalue weighted by molar-refractivity contribution is 6.76. The Morgan fingerprint density at radius 2 is 1.05 bits per heavy atom. The van der Waals surface area contributed by atoms with Crippen molar-refractivity contribution in [1.29, 1.82) is 0 Å². The summed E-state index contributed by atoms with van der Waals surface area (Å²) >= 11 is 49.0. The van der Waals surface area contributed by atoms with Gasteiger partial charge in [-0.2, -0.15) is 0 Å². The highest BCUT2D eigenvalue weighted by Gasteiger charge is 2.93. The molecule has 0 amide bonds. The molecule has 1 saturated carbocycles. The molecule has 0 aromatic rings. The Kier molecular flexibility index (Phi) is 3.17. The lowest BCUT2D eigenvalue weighted by atomic mass is 9.82. The molecule has 3 aliphatic rings. The molecule has 1 fully saturated rings. The van der Waals surface area contributed by atoms with Crippen LogP contribution in [0.25, 0.3) is 0 Å². The molecule has 3 aliphatic carbocycles. The van der Waals surface area contributed by atoms with Gasteiger partial charge in [-0.3, -0.25) is 9.59 Å². The number of carbonyl (C=O) groups excluding carboxylic acids is 2. The lowest BCUT2D eigenvalue weighted by Gasteiger charge is -2.43. The van der Waals surface area contributed by atoms with Gasteiger partial charge in [0.1, 0.15) is 9.91 Å². The van der Waals surface area contributed by atoms with E-state index in [2.05, 4.69) is 0 Å². The number of fused-ring (bicyclic) bond motifs is 5. The molecule has 0 aromatic heterocycles. The average Bonchev–Trinajstić information content (AvgIpc) is 2.70. The van der Waals surface area contributed by atoms with Crippen molar-refractivity contribution in [3.63, 3.8) is 0 Å². The largest absolute Gasteiger partial charge is 0.295 e. The first-order chi connectivity index (χ1) is 8.95. The zero-order valence-corrected chi connectivity index (χ0v) is 14.9. The molecule has 0 aromatic carbocycles. The van der Waals surface area contributed by atoms with Crippen LogP contribution in [0.1, 0.15) is 0 Å². The molecule has 0 saturated heterocycles. The maximum absolute atomic E-state index is 12.5. The Hall–Kier alpha value is 1.14. The van der Waals surface area contributed by atoms with E-state index in [0.717, 1.165) is 0 Å². The molecule has 20 heavy (non-hydrogen) atoms. The van der Waals surface area contributed by atoms with Crippen molar-refractivity contribution in [3.8, 4) is 0 Å². The standard InChI is InChI=1S/C10Cl8O2/c11-1-2(12)9(17)7(15)3(13)4(14)8(16,6(7)20)10(9,18)5(1)19/t7-,8-,9-,10-/m1/s1. The van der Waals surface area contributed by atoms with Crippen LogP contribution in [0, 0.1) is 0 Å². The number of hydrogen-bond donors (Lipinski definition) is 0. The van der Waals surface area contributed by atoms with Gasteiger partial charge in [0.15, 0.2) is 20.4 Å². The average molecular weight is 436 g/mol. The van der Waals surface area contributed by atoms with Gasteiger partial charge in [0, 0.05) is 0 Å². The third-order valence-electron chi connectivity index (χ3n) is 3.85. The Bertz CT molecular complexity index is 683. The normalized spacial score (nSPS) is 50.6. The van der Waals surface area contributed by atoms with Gasteiger partial charge in [0.25, 0.3) is 0 Å². The summed E-state index contributed by atoms with van der Waals surface area (Å²) in [6, 6.07) is 0. The summed E-state index contributed by atoms with van der Waals surface area (Å²) in [5, 5.41) is -1.50. The fourth-order valence-electron chi connectivity index (χ4n) is 2.85. The summed E-state index contributed by atoms with van der Waals surface area (Å²) in [4.78, 5) is 16.2. The molecule has 0 aliphatic heterocycles. The van der Waals surface area contributed by atoms with Crippen LogP contribution in [-0.4, -0.2) is 31.1 Å². The summed E-state index contributed by atoms with van der Waals surface area (Å²) in [5.74, 6) is -1.82. The van der Waals surface area contributed by atoms with Gasteiger partial charge in [-0.25, -0.2) is 0 Å². The quantitative estimate of drug-likeness (QED) is 0.527. The second-order valence-electron chi connectivity index (χ2n) is 4.55. The van der Waals surface area contributed by atoms with Crippen LogP contribution >= 0.6 is 92.8 Å². The minimum atomic E-state index is -2.24. The molecule has 0 heterocycles. The minimum Gasteiger partial charge on any atom is -0.295 e. The number of halogens is 8. The third-order valence-corrected chi connectivity index (χ3v) is 9.19. The van der Waals surface area contributed by atoms with Crippen molar-refractivity contribution in [1.82, 2.24) is 0 Å². The predicted octanol–water partition coefficient (Wildman–Crippen LogP) is 4.45. The summed E-state index contributed by atoms with van der Waals surface area (Å²) in [6.07, 6.45) is 0. The lowest BCUT2D eigenvalue weighted by molar-refractivity contribution is -0.122. The van der Waals surface area contributed by atoms with E-state index in [-0.39, 0.29) is 15.1 Å². The number of Topliss-reactive ketones (excluding diaryl/α,β-unsaturated/α-hetero) is 2. The Morgan fingerprint density at radius 1 is 0.650 bits per heavy atom. The van der Waals surface area contributed by atoms with Crippen molar-refractivity contribution >= 4 is 104 Å². The predicted molar refractivity (Wildman–Crippen MR) is 81.8 cm³/mol. The van der Waals surface area contributed by atoms with Crippen molar-refractivity contribution in [3.05, 3.63) is 20.1 Å². The first kappa shape index (κ1) is 16.0. The molecule has 3 rings (SSSR count). The molecule has 0 unspecified atom stereocenters. The topological polar surface area (TPSA) is 34.1 Å². The highest BCUT2D eigenvalue weighted by Crippen LogP contribution is 2.77. The fraction of sp³-hybridized carbons (Fsp3) is 0.400. The number of rotatable bonds is 0. The zero-order valence-electron chi connectivity index (χ0n) is 8.84.